The molecule has 1 atom stereocenters. The average Bonchev–Trinajstić information content (AvgIpc) is 3.22. The number of phenolic OH excluding ortho intramolecular Hbond substituents is 1. The third-order valence-electron chi connectivity index (χ3n) is 3.65. The standard InChI is InChI=1S/C15H11N3O5S/c19-11-4-2-1-3-8(11)14-16-17-15(24-14)9-5-12-13(23-7-22-12)6-10(9)18(20)21/h1-6,15,17,19H,7H2/t15-/m1/s1. The second-order valence-electron chi connectivity index (χ2n) is 5.08. The van der Waals surface area contributed by atoms with Crippen LogP contribution in [0.25, 0.3) is 0 Å². The molecule has 0 spiro atoms. The van der Waals surface area contributed by atoms with Gasteiger partial charge in [-0.1, -0.05) is 23.9 Å². The Morgan fingerprint density at radius 3 is 2.79 bits per heavy atom. The van der Waals surface area contributed by atoms with Crippen molar-refractivity contribution in [2.24, 2.45) is 5.10 Å². The summed E-state index contributed by atoms with van der Waals surface area (Å²) in [6.45, 7) is 0.0425. The minimum atomic E-state index is -0.463. The largest absolute Gasteiger partial charge is 0.507 e. The topological polar surface area (TPSA) is 106 Å². The molecule has 0 fully saturated rings. The quantitative estimate of drug-likeness (QED) is 0.650. The third kappa shape index (κ3) is 2.38. The van der Waals surface area contributed by atoms with Crippen LogP contribution in [0.1, 0.15) is 16.5 Å². The van der Waals surface area contributed by atoms with Gasteiger partial charge in [0.15, 0.2) is 11.5 Å². The molecule has 122 valence electrons. The number of fused-ring (bicyclic) bond motifs is 1. The maximum atomic E-state index is 11.4. The lowest BCUT2D eigenvalue weighted by Gasteiger charge is -2.11. The predicted molar refractivity (Wildman–Crippen MR) is 87.3 cm³/mol. The highest BCUT2D eigenvalue weighted by Gasteiger charge is 2.32. The molecule has 0 saturated heterocycles. The Hall–Kier alpha value is -2.94. The number of rotatable bonds is 3. The number of nitro benzene ring substituents is 1. The minimum Gasteiger partial charge on any atom is -0.507 e. The Morgan fingerprint density at radius 1 is 1.29 bits per heavy atom. The van der Waals surface area contributed by atoms with Crippen LogP contribution in [0.3, 0.4) is 0 Å². The fraction of sp³-hybridized carbons (Fsp3) is 0.133. The van der Waals surface area contributed by atoms with Gasteiger partial charge in [-0.3, -0.25) is 15.5 Å². The number of ether oxygens (including phenoxy) is 2. The number of benzene rings is 2. The Balaban J connectivity index is 1.67. The van der Waals surface area contributed by atoms with Crippen LogP contribution in [0.2, 0.25) is 0 Å². The summed E-state index contributed by atoms with van der Waals surface area (Å²) in [4.78, 5) is 10.9. The molecule has 2 aliphatic rings. The van der Waals surface area contributed by atoms with Gasteiger partial charge in [0.1, 0.15) is 16.2 Å². The van der Waals surface area contributed by atoms with Gasteiger partial charge in [-0.15, -0.1) is 0 Å². The van der Waals surface area contributed by atoms with Gasteiger partial charge in [-0.2, -0.15) is 5.10 Å². The molecule has 2 heterocycles. The van der Waals surface area contributed by atoms with E-state index in [1.54, 1.807) is 30.3 Å². The highest BCUT2D eigenvalue weighted by molar-refractivity contribution is 8.14. The van der Waals surface area contributed by atoms with E-state index >= 15 is 0 Å². The van der Waals surface area contributed by atoms with Crippen molar-refractivity contribution < 1.29 is 19.5 Å². The summed E-state index contributed by atoms with van der Waals surface area (Å²) in [6.07, 6.45) is 0. The van der Waals surface area contributed by atoms with E-state index in [0.717, 1.165) is 0 Å². The number of thioether (sulfide) groups is 1. The molecule has 0 radical (unpaired) electrons. The molecule has 9 heteroatoms. The average molecular weight is 345 g/mol. The van der Waals surface area contributed by atoms with Crippen LogP contribution in [0, 0.1) is 10.1 Å². The number of hydrazone groups is 1. The van der Waals surface area contributed by atoms with Crippen molar-refractivity contribution in [2.45, 2.75) is 5.37 Å². The van der Waals surface area contributed by atoms with E-state index in [9.17, 15) is 15.2 Å². The van der Waals surface area contributed by atoms with Crippen LogP contribution < -0.4 is 14.9 Å². The summed E-state index contributed by atoms with van der Waals surface area (Å²) < 4.78 is 10.5. The Kier molecular flexibility index (Phi) is 3.42. The lowest BCUT2D eigenvalue weighted by molar-refractivity contribution is -0.385. The minimum absolute atomic E-state index is 0.0425. The Labute approximate surface area is 140 Å². The fourth-order valence-corrected chi connectivity index (χ4v) is 3.56. The molecule has 2 aliphatic heterocycles. The number of aromatic hydroxyl groups is 1. The van der Waals surface area contributed by atoms with Crippen molar-refractivity contribution in [2.75, 3.05) is 6.79 Å². The number of nitro groups is 1. The van der Waals surface area contributed by atoms with Crippen LogP contribution in [0.15, 0.2) is 41.5 Å². The summed E-state index contributed by atoms with van der Waals surface area (Å²) in [5, 5.41) is 25.6. The van der Waals surface area contributed by atoms with E-state index in [4.69, 9.17) is 9.47 Å². The number of hydrogen-bond acceptors (Lipinski definition) is 8. The SMILES string of the molecule is O=[N+]([O-])c1cc2c(cc1[C@@H]1NN=C(c3ccccc3O)S1)OCO2. The fourth-order valence-electron chi connectivity index (χ4n) is 2.51. The molecule has 2 aromatic rings. The zero-order valence-corrected chi connectivity index (χ0v) is 12.9. The number of nitrogens with zero attached hydrogens (tertiary/aromatic N) is 2. The lowest BCUT2D eigenvalue weighted by Crippen LogP contribution is -2.09. The molecular weight excluding hydrogens is 334 g/mol. The van der Waals surface area contributed by atoms with Gasteiger partial charge in [0, 0.05) is 0 Å². The number of phenols is 1. The first-order valence-corrected chi connectivity index (χ1v) is 7.87. The Morgan fingerprint density at radius 2 is 2.04 bits per heavy atom. The first-order chi connectivity index (χ1) is 11.6. The highest BCUT2D eigenvalue weighted by Crippen LogP contribution is 2.45. The normalized spacial score (nSPS) is 18.2. The number of nitrogens with one attached hydrogen (secondary N) is 1. The van der Waals surface area contributed by atoms with Crippen LogP contribution >= 0.6 is 11.8 Å². The lowest BCUT2D eigenvalue weighted by atomic mass is 10.1. The summed E-state index contributed by atoms with van der Waals surface area (Å²) in [6, 6.07) is 9.75. The van der Waals surface area contributed by atoms with Crippen LogP contribution in [0.4, 0.5) is 5.69 Å². The number of para-hydroxylation sites is 1. The molecule has 8 nitrogen and oxygen atoms in total. The second kappa shape index (κ2) is 5.60. The molecule has 2 N–H and O–H groups in total. The van der Waals surface area contributed by atoms with Gasteiger partial charge < -0.3 is 14.6 Å². The van der Waals surface area contributed by atoms with Crippen molar-refractivity contribution in [3.05, 3.63) is 57.6 Å². The molecular formula is C15H11N3O5S. The summed E-state index contributed by atoms with van der Waals surface area (Å²) in [7, 11) is 0. The van der Waals surface area contributed by atoms with Gasteiger partial charge in [0.25, 0.3) is 5.69 Å². The van der Waals surface area contributed by atoms with Crippen molar-refractivity contribution in [1.82, 2.24) is 5.43 Å². The molecule has 0 unspecified atom stereocenters. The van der Waals surface area contributed by atoms with Crippen LogP contribution in [0.5, 0.6) is 17.2 Å². The van der Waals surface area contributed by atoms with Gasteiger partial charge in [-0.25, -0.2) is 0 Å². The molecule has 4 rings (SSSR count). The van der Waals surface area contributed by atoms with E-state index in [2.05, 4.69) is 10.5 Å². The van der Waals surface area contributed by atoms with Crippen LogP contribution in [-0.2, 0) is 0 Å². The Bertz CT molecular complexity index is 870. The highest BCUT2D eigenvalue weighted by atomic mass is 32.2. The first kappa shape index (κ1) is 14.6. The zero-order valence-electron chi connectivity index (χ0n) is 12.1. The van der Waals surface area contributed by atoms with E-state index in [1.165, 1.54) is 17.8 Å². The van der Waals surface area contributed by atoms with Crippen molar-refractivity contribution in [1.29, 1.82) is 0 Å². The molecule has 0 amide bonds. The van der Waals surface area contributed by atoms with Crippen molar-refractivity contribution in [3.63, 3.8) is 0 Å². The van der Waals surface area contributed by atoms with E-state index in [-0.39, 0.29) is 18.2 Å². The van der Waals surface area contributed by atoms with E-state index in [1.807, 2.05) is 0 Å². The maximum Gasteiger partial charge on any atom is 0.279 e. The van der Waals surface area contributed by atoms with Gasteiger partial charge in [-0.05, 0) is 18.2 Å². The molecule has 0 aliphatic carbocycles. The van der Waals surface area contributed by atoms with Gasteiger partial charge in [0.05, 0.1) is 22.1 Å². The van der Waals surface area contributed by atoms with Gasteiger partial charge in [0.2, 0.25) is 6.79 Å². The van der Waals surface area contributed by atoms with E-state index < -0.39 is 10.3 Å². The summed E-state index contributed by atoms with van der Waals surface area (Å²) >= 11 is 1.29. The molecule has 0 saturated carbocycles. The maximum absolute atomic E-state index is 11.4. The summed E-state index contributed by atoms with van der Waals surface area (Å²) in [5.41, 5.74) is 3.81. The molecule has 0 aromatic heterocycles. The van der Waals surface area contributed by atoms with Crippen molar-refractivity contribution >= 4 is 22.5 Å². The van der Waals surface area contributed by atoms with Crippen LogP contribution in [-0.4, -0.2) is 21.9 Å². The van der Waals surface area contributed by atoms with E-state index in [0.29, 0.717) is 27.7 Å². The first-order valence-electron chi connectivity index (χ1n) is 6.99. The van der Waals surface area contributed by atoms with Gasteiger partial charge >= 0.3 is 0 Å². The predicted octanol–water partition coefficient (Wildman–Crippen LogP) is 2.73. The monoisotopic (exact) mass is 345 g/mol. The molecule has 24 heavy (non-hydrogen) atoms. The van der Waals surface area contributed by atoms with Crippen molar-refractivity contribution in [3.8, 4) is 17.2 Å². The molecule has 2 aromatic carbocycles. The molecule has 0 bridgehead atoms. The number of hydrogen-bond donors (Lipinski definition) is 2. The smallest absolute Gasteiger partial charge is 0.279 e. The third-order valence-corrected chi connectivity index (χ3v) is 4.78. The second-order valence-corrected chi connectivity index (χ2v) is 6.18. The summed E-state index contributed by atoms with van der Waals surface area (Å²) in [5.74, 6) is 0.927. The zero-order chi connectivity index (χ0) is 16.7.